The molecule has 1 aromatic carbocycles. The average molecular weight is 307 g/mol. The van der Waals surface area contributed by atoms with E-state index in [4.69, 9.17) is 22.1 Å². The molecule has 0 aliphatic rings. The van der Waals surface area contributed by atoms with Gasteiger partial charge in [-0.2, -0.15) is 0 Å². The number of methoxy groups -OCH3 is 1. The van der Waals surface area contributed by atoms with Crippen LogP contribution < -0.4 is 15.8 Å². The molecule has 0 saturated heterocycles. The summed E-state index contributed by atoms with van der Waals surface area (Å²) < 4.78 is 5.13. The Hall–Kier alpha value is -1.13. The second kappa shape index (κ2) is 8.12. The molecule has 0 radical (unpaired) electrons. The lowest BCUT2D eigenvalue weighted by atomic mass is 10.1. The van der Waals surface area contributed by atoms with Crippen molar-refractivity contribution in [3.63, 3.8) is 0 Å². The Labute approximate surface area is 125 Å². The number of ether oxygens (including phenoxy) is 1. The second-order valence-corrected chi connectivity index (χ2v) is 4.92. The fourth-order valence-corrected chi connectivity index (χ4v) is 1.65. The normalized spacial score (nSPS) is 9.95. The Balaban J connectivity index is 0.00000324. The average Bonchev–Trinajstić information content (AvgIpc) is 2.31. The van der Waals surface area contributed by atoms with Crippen molar-refractivity contribution >= 4 is 35.6 Å². The number of hydrogen-bond donors (Lipinski definition) is 2. The summed E-state index contributed by atoms with van der Waals surface area (Å²) in [7, 11) is 1.49. The lowest BCUT2D eigenvalue weighted by molar-refractivity contribution is 0.0949. The van der Waals surface area contributed by atoms with Crippen molar-refractivity contribution in [2.45, 2.75) is 20.3 Å². The lowest BCUT2D eigenvalue weighted by Crippen LogP contribution is -2.25. The van der Waals surface area contributed by atoms with Gasteiger partial charge < -0.3 is 15.8 Å². The monoisotopic (exact) mass is 306 g/mol. The van der Waals surface area contributed by atoms with Crippen LogP contribution in [0, 0.1) is 5.92 Å². The molecule has 0 saturated carbocycles. The number of benzene rings is 1. The van der Waals surface area contributed by atoms with E-state index in [-0.39, 0.29) is 18.3 Å². The summed E-state index contributed by atoms with van der Waals surface area (Å²) in [4.78, 5) is 12.0. The number of amides is 1. The van der Waals surface area contributed by atoms with Gasteiger partial charge in [0.1, 0.15) is 5.75 Å². The SMILES string of the molecule is COc1cc(N)c(Cl)cc1C(=O)NCCC(C)C.Cl. The van der Waals surface area contributed by atoms with Gasteiger partial charge in [-0.15, -0.1) is 12.4 Å². The quantitative estimate of drug-likeness (QED) is 0.821. The lowest BCUT2D eigenvalue weighted by Gasteiger charge is -2.11. The van der Waals surface area contributed by atoms with Gasteiger partial charge in [-0.25, -0.2) is 0 Å². The molecule has 0 aromatic heterocycles. The highest BCUT2D eigenvalue weighted by Gasteiger charge is 2.14. The van der Waals surface area contributed by atoms with Gasteiger partial charge in [-0.3, -0.25) is 4.79 Å². The molecular formula is C13H20Cl2N2O2. The first-order chi connectivity index (χ1) is 8.45. The summed E-state index contributed by atoms with van der Waals surface area (Å²) in [6, 6.07) is 3.08. The summed E-state index contributed by atoms with van der Waals surface area (Å²) in [5, 5.41) is 3.18. The Bertz CT molecular complexity index is 437. The van der Waals surface area contributed by atoms with E-state index in [1.54, 1.807) is 6.07 Å². The summed E-state index contributed by atoms with van der Waals surface area (Å²) in [6.45, 7) is 4.83. The number of nitrogen functional groups attached to an aromatic ring is 1. The van der Waals surface area contributed by atoms with Crippen molar-refractivity contribution in [1.82, 2.24) is 5.32 Å². The second-order valence-electron chi connectivity index (χ2n) is 4.51. The molecule has 0 atom stereocenters. The summed E-state index contributed by atoms with van der Waals surface area (Å²) >= 11 is 5.91. The Morgan fingerprint density at radius 3 is 2.63 bits per heavy atom. The number of rotatable bonds is 5. The van der Waals surface area contributed by atoms with Crippen LogP contribution in [-0.4, -0.2) is 19.6 Å². The van der Waals surface area contributed by atoms with Gasteiger partial charge in [0, 0.05) is 12.6 Å². The molecule has 0 heterocycles. The molecule has 6 heteroatoms. The molecule has 0 unspecified atom stereocenters. The Morgan fingerprint density at radius 2 is 2.11 bits per heavy atom. The first kappa shape index (κ1) is 17.9. The minimum absolute atomic E-state index is 0. The Kier molecular flexibility index (Phi) is 7.64. The van der Waals surface area contributed by atoms with Gasteiger partial charge in [-0.1, -0.05) is 25.4 Å². The highest BCUT2D eigenvalue weighted by Crippen LogP contribution is 2.28. The fraction of sp³-hybridized carbons (Fsp3) is 0.462. The number of anilines is 1. The van der Waals surface area contributed by atoms with E-state index in [0.717, 1.165) is 6.42 Å². The van der Waals surface area contributed by atoms with Crippen molar-refractivity contribution in [3.8, 4) is 5.75 Å². The van der Waals surface area contributed by atoms with Crippen LogP contribution in [0.1, 0.15) is 30.6 Å². The molecule has 19 heavy (non-hydrogen) atoms. The molecule has 108 valence electrons. The van der Waals surface area contributed by atoms with Crippen LogP contribution >= 0.6 is 24.0 Å². The highest BCUT2D eigenvalue weighted by molar-refractivity contribution is 6.33. The largest absolute Gasteiger partial charge is 0.496 e. The van der Waals surface area contributed by atoms with Gasteiger partial charge in [-0.05, 0) is 18.4 Å². The number of carbonyl (C=O) groups excluding carboxylic acids is 1. The van der Waals surface area contributed by atoms with Crippen LogP contribution in [0.3, 0.4) is 0 Å². The van der Waals surface area contributed by atoms with Crippen LogP contribution in [0.25, 0.3) is 0 Å². The van der Waals surface area contributed by atoms with Gasteiger partial charge in [0.2, 0.25) is 0 Å². The number of nitrogens with one attached hydrogen (secondary N) is 1. The first-order valence-corrected chi connectivity index (χ1v) is 6.24. The molecule has 0 bridgehead atoms. The van der Waals surface area contributed by atoms with Crippen LogP contribution in [-0.2, 0) is 0 Å². The number of nitrogens with two attached hydrogens (primary N) is 1. The van der Waals surface area contributed by atoms with Crippen LogP contribution in [0.15, 0.2) is 12.1 Å². The van der Waals surface area contributed by atoms with Crippen molar-refractivity contribution in [2.75, 3.05) is 19.4 Å². The first-order valence-electron chi connectivity index (χ1n) is 5.87. The van der Waals surface area contributed by atoms with E-state index in [2.05, 4.69) is 19.2 Å². The zero-order valence-corrected chi connectivity index (χ0v) is 12.9. The highest BCUT2D eigenvalue weighted by atomic mass is 35.5. The predicted molar refractivity (Wildman–Crippen MR) is 81.5 cm³/mol. The molecular weight excluding hydrogens is 287 g/mol. The molecule has 4 nitrogen and oxygen atoms in total. The van der Waals surface area contributed by atoms with Crippen molar-refractivity contribution < 1.29 is 9.53 Å². The number of hydrogen-bond acceptors (Lipinski definition) is 3. The maximum atomic E-state index is 12.0. The van der Waals surface area contributed by atoms with Crippen molar-refractivity contribution in [2.24, 2.45) is 5.92 Å². The minimum atomic E-state index is -0.200. The fourth-order valence-electron chi connectivity index (χ4n) is 1.49. The molecule has 1 aromatic rings. The Morgan fingerprint density at radius 1 is 1.47 bits per heavy atom. The molecule has 0 aliphatic heterocycles. The maximum Gasteiger partial charge on any atom is 0.255 e. The van der Waals surface area contributed by atoms with E-state index in [0.29, 0.717) is 34.5 Å². The van der Waals surface area contributed by atoms with Crippen LogP contribution in [0.2, 0.25) is 5.02 Å². The van der Waals surface area contributed by atoms with Crippen LogP contribution in [0.4, 0.5) is 5.69 Å². The topological polar surface area (TPSA) is 64.3 Å². The number of carbonyl (C=O) groups is 1. The zero-order valence-electron chi connectivity index (χ0n) is 11.3. The zero-order chi connectivity index (χ0) is 13.7. The summed E-state index contributed by atoms with van der Waals surface area (Å²) in [5.41, 5.74) is 6.46. The third kappa shape index (κ3) is 5.17. The predicted octanol–water partition coefficient (Wildman–Crippen LogP) is 3.13. The maximum absolute atomic E-state index is 12.0. The van der Waals surface area contributed by atoms with Gasteiger partial charge in [0.05, 0.1) is 23.4 Å². The van der Waals surface area contributed by atoms with Crippen molar-refractivity contribution in [1.29, 1.82) is 0 Å². The molecule has 0 aliphatic carbocycles. The van der Waals surface area contributed by atoms with Crippen LogP contribution in [0.5, 0.6) is 5.75 Å². The van der Waals surface area contributed by atoms with E-state index >= 15 is 0 Å². The van der Waals surface area contributed by atoms with E-state index in [9.17, 15) is 4.79 Å². The third-order valence-electron chi connectivity index (χ3n) is 2.57. The minimum Gasteiger partial charge on any atom is -0.496 e. The summed E-state index contributed by atoms with van der Waals surface area (Å²) in [6.07, 6.45) is 0.927. The standard InChI is InChI=1S/C13H19ClN2O2.ClH/c1-8(2)4-5-16-13(17)9-6-10(14)11(15)7-12(9)18-3;/h6-8H,4-5,15H2,1-3H3,(H,16,17);1H. The van der Waals surface area contributed by atoms with Gasteiger partial charge in [0.25, 0.3) is 5.91 Å². The van der Waals surface area contributed by atoms with Gasteiger partial charge in [0.15, 0.2) is 0 Å². The van der Waals surface area contributed by atoms with Crippen molar-refractivity contribution in [3.05, 3.63) is 22.7 Å². The van der Waals surface area contributed by atoms with E-state index < -0.39 is 0 Å². The van der Waals surface area contributed by atoms with E-state index in [1.807, 2.05) is 0 Å². The third-order valence-corrected chi connectivity index (χ3v) is 2.90. The molecule has 0 fully saturated rings. The molecule has 0 spiro atoms. The molecule has 1 amide bonds. The summed E-state index contributed by atoms with van der Waals surface area (Å²) in [5.74, 6) is 0.774. The molecule has 3 N–H and O–H groups in total. The van der Waals surface area contributed by atoms with Gasteiger partial charge >= 0.3 is 0 Å². The smallest absolute Gasteiger partial charge is 0.255 e. The number of halogens is 2. The molecule has 1 rings (SSSR count). The van der Waals surface area contributed by atoms with E-state index in [1.165, 1.54) is 13.2 Å².